The molecule has 0 aliphatic heterocycles. The Morgan fingerprint density at radius 2 is 2.00 bits per heavy atom. The molecule has 1 N–H and O–H groups in total. The fraction of sp³-hybridized carbons (Fsp3) is 0.214. The van der Waals surface area contributed by atoms with Crippen LogP contribution in [-0.2, 0) is 6.54 Å². The van der Waals surface area contributed by atoms with E-state index >= 15 is 0 Å². The van der Waals surface area contributed by atoms with E-state index in [0.717, 1.165) is 16.9 Å². The van der Waals surface area contributed by atoms with E-state index in [9.17, 15) is 0 Å². The summed E-state index contributed by atoms with van der Waals surface area (Å²) >= 11 is 12.2. The summed E-state index contributed by atoms with van der Waals surface area (Å²) in [5, 5.41) is 4.49. The van der Waals surface area contributed by atoms with Crippen LogP contribution < -0.4 is 10.2 Å². The number of hydrogen-bond acceptors (Lipinski definition) is 3. The predicted molar refractivity (Wildman–Crippen MR) is 82.4 cm³/mol. The fourth-order valence-electron chi connectivity index (χ4n) is 1.79. The Balaban J connectivity index is 2.17. The van der Waals surface area contributed by atoms with Crippen molar-refractivity contribution in [1.29, 1.82) is 0 Å². The number of halogens is 2. The number of nitrogens with one attached hydrogen (secondary N) is 1. The van der Waals surface area contributed by atoms with Gasteiger partial charge in [0.2, 0.25) is 0 Å². The average Bonchev–Trinajstić information content (AvgIpc) is 2.40. The Morgan fingerprint density at radius 3 is 2.74 bits per heavy atom. The van der Waals surface area contributed by atoms with Crippen molar-refractivity contribution >= 4 is 34.6 Å². The average molecular weight is 296 g/mol. The first kappa shape index (κ1) is 14.0. The Bertz CT molecular complexity index is 570. The van der Waals surface area contributed by atoms with E-state index < -0.39 is 0 Å². The van der Waals surface area contributed by atoms with Crippen molar-refractivity contribution in [3.63, 3.8) is 0 Å². The van der Waals surface area contributed by atoms with E-state index in [-0.39, 0.29) is 0 Å². The van der Waals surface area contributed by atoms with Crippen molar-refractivity contribution in [3.8, 4) is 0 Å². The molecule has 3 nitrogen and oxygen atoms in total. The highest BCUT2D eigenvalue weighted by molar-refractivity contribution is 6.42. The zero-order valence-corrected chi connectivity index (χ0v) is 12.3. The number of rotatable bonds is 4. The van der Waals surface area contributed by atoms with Gasteiger partial charge in [-0.3, -0.25) is 4.98 Å². The topological polar surface area (TPSA) is 28.2 Å². The second-order valence-corrected chi connectivity index (χ2v) is 5.14. The lowest BCUT2D eigenvalue weighted by Crippen LogP contribution is -2.12. The molecular formula is C14H15Cl2N3. The van der Waals surface area contributed by atoms with Gasteiger partial charge in [-0.15, -0.1) is 0 Å². The first-order valence-electron chi connectivity index (χ1n) is 5.87. The first-order chi connectivity index (χ1) is 9.09. The van der Waals surface area contributed by atoms with Crippen molar-refractivity contribution in [2.45, 2.75) is 6.54 Å². The van der Waals surface area contributed by atoms with Crippen LogP contribution in [0.25, 0.3) is 0 Å². The molecule has 0 aliphatic rings. The molecule has 2 rings (SSSR count). The van der Waals surface area contributed by atoms with Crippen molar-refractivity contribution in [2.75, 3.05) is 24.3 Å². The highest BCUT2D eigenvalue weighted by Gasteiger charge is 2.07. The van der Waals surface area contributed by atoms with Crippen LogP contribution in [0.4, 0.5) is 11.4 Å². The molecule has 0 spiro atoms. The molecule has 5 heteroatoms. The van der Waals surface area contributed by atoms with Crippen LogP contribution in [0.1, 0.15) is 5.56 Å². The van der Waals surface area contributed by atoms with Crippen molar-refractivity contribution < 1.29 is 0 Å². The van der Waals surface area contributed by atoms with Crippen LogP contribution in [0.15, 0.2) is 36.7 Å². The summed E-state index contributed by atoms with van der Waals surface area (Å²) < 4.78 is 0. The zero-order valence-electron chi connectivity index (χ0n) is 10.8. The maximum atomic E-state index is 6.16. The molecule has 0 saturated carbocycles. The minimum absolute atomic E-state index is 0.569. The maximum absolute atomic E-state index is 6.16. The largest absolute Gasteiger partial charge is 0.378 e. The Hall–Kier alpha value is -1.45. The number of benzene rings is 1. The third-order valence-electron chi connectivity index (χ3n) is 2.78. The molecule has 1 aromatic carbocycles. The summed E-state index contributed by atoms with van der Waals surface area (Å²) in [7, 11) is 3.99. The van der Waals surface area contributed by atoms with E-state index in [2.05, 4.69) is 10.3 Å². The summed E-state index contributed by atoms with van der Waals surface area (Å²) in [6.07, 6.45) is 3.57. The van der Waals surface area contributed by atoms with Gasteiger partial charge >= 0.3 is 0 Å². The second-order valence-electron chi connectivity index (χ2n) is 4.35. The lowest BCUT2D eigenvalue weighted by atomic mass is 10.2. The Morgan fingerprint density at radius 1 is 1.21 bits per heavy atom. The van der Waals surface area contributed by atoms with Gasteiger partial charge in [0.1, 0.15) is 0 Å². The number of pyridine rings is 1. The number of hydrogen-bond donors (Lipinski definition) is 1. The van der Waals surface area contributed by atoms with Gasteiger partial charge in [-0.1, -0.05) is 35.3 Å². The highest BCUT2D eigenvalue weighted by Crippen LogP contribution is 2.27. The Labute approximate surface area is 123 Å². The molecule has 100 valence electrons. The van der Waals surface area contributed by atoms with Crippen LogP contribution in [0.2, 0.25) is 10.0 Å². The molecule has 0 aliphatic carbocycles. The summed E-state index contributed by atoms with van der Waals surface area (Å²) in [6, 6.07) is 7.58. The SMILES string of the molecule is CN(C)c1ccncc1NCc1cccc(Cl)c1Cl. The van der Waals surface area contributed by atoms with E-state index in [1.807, 2.05) is 37.2 Å². The molecule has 0 bridgehead atoms. The minimum atomic E-state index is 0.569. The first-order valence-corrected chi connectivity index (χ1v) is 6.63. The molecule has 1 aromatic heterocycles. The standard InChI is InChI=1S/C14H15Cl2N3/c1-19(2)13-6-7-17-9-12(13)18-8-10-4-3-5-11(15)14(10)16/h3-7,9,18H,8H2,1-2H3. The van der Waals surface area contributed by atoms with Gasteiger partial charge in [-0.2, -0.15) is 0 Å². The second kappa shape index (κ2) is 6.13. The van der Waals surface area contributed by atoms with Gasteiger partial charge in [0.15, 0.2) is 0 Å². The summed E-state index contributed by atoms with van der Waals surface area (Å²) in [4.78, 5) is 6.16. The predicted octanol–water partition coefficient (Wildman–Crippen LogP) is 4.07. The molecule has 19 heavy (non-hydrogen) atoms. The van der Waals surface area contributed by atoms with E-state index in [1.165, 1.54) is 0 Å². The quantitative estimate of drug-likeness (QED) is 0.922. The molecule has 2 aromatic rings. The molecular weight excluding hydrogens is 281 g/mol. The van der Waals surface area contributed by atoms with Crippen molar-refractivity contribution in [3.05, 3.63) is 52.3 Å². The lowest BCUT2D eigenvalue weighted by molar-refractivity contribution is 1.09. The van der Waals surface area contributed by atoms with Crippen LogP contribution in [0.3, 0.4) is 0 Å². The smallest absolute Gasteiger partial charge is 0.0766 e. The highest BCUT2D eigenvalue weighted by atomic mass is 35.5. The van der Waals surface area contributed by atoms with E-state index in [4.69, 9.17) is 23.2 Å². The van der Waals surface area contributed by atoms with Crippen molar-refractivity contribution in [2.24, 2.45) is 0 Å². The van der Waals surface area contributed by atoms with Gasteiger partial charge in [0.05, 0.1) is 27.6 Å². The number of anilines is 2. The maximum Gasteiger partial charge on any atom is 0.0766 e. The third-order valence-corrected chi connectivity index (χ3v) is 3.64. The van der Waals surface area contributed by atoms with Crippen LogP contribution in [-0.4, -0.2) is 19.1 Å². The fourth-order valence-corrected chi connectivity index (χ4v) is 2.18. The third kappa shape index (κ3) is 3.31. The molecule has 0 atom stereocenters. The van der Waals surface area contributed by atoms with Gasteiger partial charge in [0.25, 0.3) is 0 Å². The summed E-state index contributed by atoms with van der Waals surface area (Å²) in [5.74, 6) is 0. The normalized spacial score (nSPS) is 10.3. The minimum Gasteiger partial charge on any atom is -0.378 e. The van der Waals surface area contributed by atoms with Gasteiger partial charge in [-0.25, -0.2) is 0 Å². The monoisotopic (exact) mass is 295 g/mol. The summed E-state index contributed by atoms with van der Waals surface area (Å²) in [5.41, 5.74) is 3.00. The molecule has 0 unspecified atom stereocenters. The van der Waals surface area contributed by atoms with Crippen LogP contribution >= 0.6 is 23.2 Å². The number of aromatic nitrogens is 1. The van der Waals surface area contributed by atoms with Gasteiger partial charge in [0, 0.05) is 26.8 Å². The van der Waals surface area contributed by atoms with Gasteiger partial charge < -0.3 is 10.2 Å². The Kier molecular flexibility index (Phi) is 4.51. The molecule has 1 heterocycles. The van der Waals surface area contributed by atoms with E-state index in [0.29, 0.717) is 16.6 Å². The zero-order chi connectivity index (χ0) is 13.8. The van der Waals surface area contributed by atoms with E-state index in [1.54, 1.807) is 18.5 Å². The molecule has 0 fully saturated rings. The van der Waals surface area contributed by atoms with Gasteiger partial charge in [-0.05, 0) is 17.7 Å². The van der Waals surface area contributed by atoms with Crippen molar-refractivity contribution in [1.82, 2.24) is 4.98 Å². The molecule has 0 amide bonds. The lowest BCUT2D eigenvalue weighted by Gasteiger charge is -2.18. The van der Waals surface area contributed by atoms with Crippen LogP contribution in [0.5, 0.6) is 0 Å². The molecule has 0 radical (unpaired) electrons. The summed E-state index contributed by atoms with van der Waals surface area (Å²) in [6.45, 7) is 0.603. The van der Waals surface area contributed by atoms with Crippen LogP contribution in [0, 0.1) is 0 Å². The number of nitrogens with zero attached hydrogens (tertiary/aromatic N) is 2. The molecule has 0 saturated heterocycles.